The number of nitrogens with one attached hydrogen (secondary N) is 1. The van der Waals surface area contributed by atoms with Gasteiger partial charge in [-0.2, -0.15) is 0 Å². The molecule has 0 saturated heterocycles. The first-order valence-corrected chi connectivity index (χ1v) is 14.8. The first-order chi connectivity index (χ1) is 19.4. The molecule has 0 heterocycles. The van der Waals surface area contributed by atoms with Crippen molar-refractivity contribution in [1.82, 2.24) is 10.2 Å². The maximum Gasteiger partial charge on any atom is 0.264 e. The van der Waals surface area contributed by atoms with Crippen molar-refractivity contribution in [3.63, 3.8) is 0 Å². The zero-order valence-corrected chi connectivity index (χ0v) is 25.5. The number of benzene rings is 3. The van der Waals surface area contributed by atoms with Gasteiger partial charge in [0.2, 0.25) is 11.8 Å². The third-order valence-electron chi connectivity index (χ3n) is 6.58. The second-order valence-electron chi connectivity index (χ2n) is 10.2. The number of carbonyl (C=O) groups is 2. The predicted molar refractivity (Wildman–Crippen MR) is 160 cm³/mol. The molecule has 0 unspecified atom stereocenters. The number of sulfonamides is 1. The molecule has 10 heteroatoms. The van der Waals surface area contributed by atoms with E-state index in [1.807, 2.05) is 52.0 Å². The molecular weight excluding hydrogens is 542 g/mol. The lowest BCUT2D eigenvalue weighted by atomic mass is 10.1. The van der Waals surface area contributed by atoms with Crippen molar-refractivity contribution in [1.29, 1.82) is 0 Å². The van der Waals surface area contributed by atoms with Crippen LogP contribution in [0.1, 0.15) is 37.5 Å². The number of methoxy groups -OCH3 is 2. The molecule has 0 fully saturated rings. The number of aryl methyl sites for hydroxylation is 2. The molecule has 0 aliphatic rings. The molecule has 9 nitrogen and oxygen atoms in total. The fraction of sp³-hybridized carbons (Fsp3) is 0.355. The average Bonchev–Trinajstić information content (AvgIpc) is 2.93. The number of nitrogens with zero attached hydrogens (tertiary/aromatic N) is 2. The largest absolute Gasteiger partial charge is 0.497 e. The highest BCUT2D eigenvalue weighted by atomic mass is 32.2. The van der Waals surface area contributed by atoms with Crippen LogP contribution in [0.25, 0.3) is 0 Å². The van der Waals surface area contributed by atoms with Crippen molar-refractivity contribution < 1.29 is 27.5 Å². The van der Waals surface area contributed by atoms with E-state index >= 15 is 0 Å². The summed E-state index contributed by atoms with van der Waals surface area (Å²) in [6, 6.07) is 17.7. The first-order valence-electron chi connectivity index (χ1n) is 13.3. The van der Waals surface area contributed by atoms with E-state index in [-0.39, 0.29) is 34.8 Å². The van der Waals surface area contributed by atoms with E-state index < -0.39 is 28.5 Å². The Hall–Kier alpha value is -4.05. The van der Waals surface area contributed by atoms with Crippen LogP contribution in [0.5, 0.6) is 11.5 Å². The van der Waals surface area contributed by atoms with Gasteiger partial charge in [0.05, 0.1) is 24.8 Å². The monoisotopic (exact) mass is 581 g/mol. The Bertz CT molecular complexity index is 1470. The van der Waals surface area contributed by atoms with Gasteiger partial charge in [0.15, 0.2) is 0 Å². The Morgan fingerprint density at radius 1 is 0.878 bits per heavy atom. The summed E-state index contributed by atoms with van der Waals surface area (Å²) in [6.45, 7) is 8.64. The van der Waals surface area contributed by atoms with Gasteiger partial charge in [-0.1, -0.05) is 47.5 Å². The molecule has 1 N–H and O–H groups in total. The minimum Gasteiger partial charge on any atom is -0.497 e. The number of hydrogen-bond acceptors (Lipinski definition) is 6. The van der Waals surface area contributed by atoms with Crippen molar-refractivity contribution in [3.8, 4) is 11.5 Å². The summed E-state index contributed by atoms with van der Waals surface area (Å²) in [5.41, 5.74) is 2.84. The number of carbonyl (C=O) groups excluding carboxylic acids is 2. The minimum atomic E-state index is -4.25. The van der Waals surface area contributed by atoms with Gasteiger partial charge in [-0.3, -0.25) is 13.9 Å². The topological polar surface area (TPSA) is 105 Å². The Labute approximate surface area is 243 Å². The van der Waals surface area contributed by atoms with Crippen LogP contribution in [0.3, 0.4) is 0 Å². The van der Waals surface area contributed by atoms with Gasteiger partial charge in [-0.05, 0) is 64.4 Å². The van der Waals surface area contributed by atoms with Crippen molar-refractivity contribution in [3.05, 3.63) is 83.4 Å². The molecular formula is C31H39N3O6S. The van der Waals surface area contributed by atoms with Crippen LogP contribution in [-0.4, -0.2) is 58.0 Å². The molecule has 3 aromatic rings. The van der Waals surface area contributed by atoms with Crippen molar-refractivity contribution in [2.45, 2.75) is 58.1 Å². The third-order valence-corrected chi connectivity index (χ3v) is 8.35. The second kappa shape index (κ2) is 13.5. The third kappa shape index (κ3) is 7.79. The van der Waals surface area contributed by atoms with Crippen molar-refractivity contribution in [2.75, 3.05) is 25.1 Å². The van der Waals surface area contributed by atoms with Gasteiger partial charge in [0.25, 0.3) is 10.0 Å². The Kier molecular flexibility index (Phi) is 10.4. The molecule has 2 amide bonds. The first kappa shape index (κ1) is 31.5. The Morgan fingerprint density at radius 3 is 2.15 bits per heavy atom. The fourth-order valence-electron chi connectivity index (χ4n) is 4.34. The van der Waals surface area contributed by atoms with E-state index in [9.17, 15) is 18.0 Å². The summed E-state index contributed by atoms with van der Waals surface area (Å²) in [5.74, 6) is -0.268. The smallest absolute Gasteiger partial charge is 0.264 e. The second-order valence-corrected chi connectivity index (χ2v) is 12.1. The molecule has 0 radical (unpaired) electrons. The maximum absolute atomic E-state index is 14.1. The van der Waals surface area contributed by atoms with Crippen molar-refractivity contribution in [2.24, 2.45) is 0 Å². The summed E-state index contributed by atoms with van der Waals surface area (Å²) in [6.07, 6.45) is 0. The van der Waals surface area contributed by atoms with Gasteiger partial charge in [0, 0.05) is 18.7 Å². The lowest BCUT2D eigenvalue weighted by Crippen LogP contribution is -2.52. The molecule has 3 rings (SSSR count). The van der Waals surface area contributed by atoms with E-state index in [1.54, 1.807) is 31.2 Å². The highest BCUT2D eigenvalue weighted by molar-refractivity contribution is 7.92. The number of amides is 2. The molecule has 220 valence electrons. The van der Waals surface area contributed by atoms with Crippen LogP contribution in [-0.2, 0) is 26.2 Å². The van der Waals surface area contributed by atoms with Gasteiger partial charge in [-0.25, -0.2) is 8.42 Å². The number of rotatable bonds is 12. The van der Waals surface area contributed by atoms with Crippen LogP contribution in [0.2, 0.25) is 0 Å². The zero-order chi connectivity index (χ0) is 30.3. The Morgan fingerprint density at radius 2 is 1.56 bits per heavy atom. The molecule has 0 aromatic heterocycles. The zero-order valence-electron chi connectivity index (χ0n) is 24.7. The van der Waals surface area contributed by atoms with Gasteiger partial charge in [-0.15, -0.1) is 0 Å². The number of anilines is 1. The number of ether oxygens (including phenoxy) is 2. The molecule has 0 aliphatic heterocycles. The van der Waals surface area contributed by atoms with E-state index in [0.29, 0.717) is 5.75 Å². The molecule has 41 heavy (non-hydrogen) atoms. The van der Waals surface area contributed by atoms with Gasteiger partial charge in [0.1, 0.15) is 24.1 Å². The Balaban J connectivity index is 2.13. The SMILES string of the molecule is COc1ccc(OC)c(N(CC(=O)N(Cc2cccc(C)c2)[C@@H](C)C(=O)NC(C)C)S(=O)(=O)c2ccc(C)cc2)c1. The standard InChI is InChI=1S/C31H39N3O6S/c1-21(2)32-31(36)24(5)33(19-25-10-8-9-23(4)17-25)30(35)20-34(28-18-26(39-6)13-16-29(28)40-7)41(37,38)27-14-11-22(3)12-15-27/h8-18,21,24H,19-20H2,1-7H3,(H,32,36)/t24-/m0/s1. The van der Waals surface area contributed by atoms with Crippen LogP contribution in [0.4, 0.5) is 5.69 Å². The fourth-order valence-corrected chi connectivity index (χ4v) is 5.75. The summed E-state index contributed by atoms with van der Waals surface area (Å²) in [4.78, 5) is 28.6. The normalized spacial score (nSPS) is 12.0. The lowest BCUT2D eigenvalue weighted by molar-refractivity contribution is -0.139. The molecule has 0 spiro atoms. The minimum absolute atomic E-state index is 0.0107. The van der Waals surface area contributed by atoms with E-state index in [1.165, 1.54) is 37.3 Å². The van der Waals surface area contributed by atoms with Crippen LogP contribution in [0.15, 0.2) is 71.6 Å². The molecule has 3 aromatic carbocycles. The summed E-state index contributed by atoms with van der Waals surface area (Å²) >= 11 is 0. The van der Waals surface area contributed by atoms with E-state index in [2.05, 4.69) is 5.32 Å². The van der Waals surface area contributed by atoms with E-state index in [4.69, 9.17) is 9.47 Å². The lowest BCUT2D eigenvalue weighted by Gasteiger charge is -2.32. The molecule has 1 atom stereocenters. The molecule has 0 bridgehead atoms. The van der Waals surface area contributed by atoms with Crippen LogP contribution < -0.4 is 19.1 Å². The molecule has 0 aliphatic carbocycles. The maximum atomic E-state index is 14.1. The number of hydrogen-bond donors (Lipinski definition) is 1. The quantitative estimate of drug-likeness (QED) is 0.339. The summed E-state index contributed by atoms with van der Waals surface area (Å²) in [7, 11) is -1.36. The van der Waals surface area contributed by atoms with Gasteiger partial charge >= 0.3 is 0 Å². The predicted octanol–water partition coefficient (Wildman–Crippen LogP) is 4.46. The highest BCUT2D eigenvalue weighted by Gasteiger charge is 2.34. The summed E-state index contributed by atoms with van der Waals surface area (Å²) < 4.78 is 40.1. The highest BCUT2D eigenvalue weighted by Crippen LogP contribution is 2.36. The van der Waals surface area contributed by atoms with Crippen molar-refractivity contribution >= 4 is 27.5 Å². The van der Waals surface area contributed by atoms with Gasteiger partial charge < -0.3 is 19.7 Å². The summed E-state index contributed by atoms with van der Waals surface area (Å²) in [5, 5.41) is 2.85. The van der Waals surface area contributed by atoms with E-state index in [0.717, 1.165) is 21.0 Å². The molecule has 0 saturated carbocycles. The average molecular weight is 582 g/mol. The van der Waals surface area contributed by atoms with Crippen LogP contribution >= 0.6 is 0 Å². The van der Waals surface area contributed by atoms with Crippen LogP contribution in [0, 0.1) is 13.8 Å².